The minimum Gasteiger partial charge on any atom is -0.366 e. The van der Waals surface area contributed by atoms with Crippen LogP contribution in [0, 0.1) is 18.3 Å². The quantitative estimate of drug-likeness (QED) is 0.745. The van der Waals surface area contributed by atoms with Gasteiger partial charge in [-0.1, -0.05) is 6.92 Å². The first kappa shape index (κ1) is 13.0. The molecule has 0 saturated carbocycles. The molecule has 0 saturated heterocycles. The summed E-state index contributed by atoms with van der Waals surface area (Å²) >= 11 is 0. The molecule has 0 radical (unpaired) electrons. The second kappa shape index (κ2) is 4.31. The third-order valence-corrected chi connectivity index (χ3v) is 4.17. The zero-order chi connectivity index (χ0) is 13.5. The van der Waals surface area contributed by atoms with Crippen LogP contribution in [0.3, 0.4) is 0 Å². The van der Waals surface area contributed by atoms with E-state index in [0.29, 0.717) is 5.92 Å². The van der Waals surface area contributed by atoms with Crippen LogP contribution in [0.1, 0.15) is 56.7 Å². The van der Waals surface area contributed by atoms with Gasteiger partial charge in [0.05, 0.1) is 11.6 Å². The van der Waals surface area contributed by atoms with E-state index >= 15 is 0 Å². The van der Waals surface area contributed by atoms with Gasteiger partial charge < -0.3 is 4.90 Å². The van der Waals surface area contributed by atoms with E-state index in [-0.39, 0.29) is 5.54 Å². The lowest BCUT2D eigenvalue weighted by Crippen LogP contribution is -2.48. The van der Waals surface area contributed by atoms with Crippen LogP contribution in [0.4, 0.5) is 5.69 Å². The van der Waals surface area contributed by atoms with E-state index in [0.717, 1.165) is 24.1 Å². The summed E-state index contributed by atoms with van der Waals surface area (Å²) in [5.74, 6) is 0.519. The van der Waals surface area contributed by atoms with Crippen molar-refractivity contribution in [3.63, 3.8) is 0 Å². The fourth-order valence-corrected chi connectivity index (χ4v) is 3.35. The number of fused-ring (bicyclic) bond motifs is 1. The SMILES string of the molecule is CCN1c2cc(C)c(C#N)cc2[C@H](C)CC1(C)C. The van der Waals surface area contributed by atoms with Crippen LogP contribution in [0.5, 0.6) is 0 Å². The summed E-state index contributed by atoms with van der Waals surface area (Å²) in [5, 5.41) is 9.17. The van der Waals surface area contributed by atoms with Crippen molar-refractivity contribution in [3.05, 3.63) is 28.8 Å². The Morgan fingerprint density at radius 2 is 2.11 bits per heavy atom. The first-order chi connectivity index (χ1) is 8.40. The Labute approximate surface area is 110 Å². The van der Waals surface area contributed by atoms with Crippen LogP contribution in [0.25, 0.3) is 0 Å². The number of benzene rings is 1. The zero-order valence-electron chi connectivity index (χ0n) is 12.0. The first-order valence-corrected chi connectivity index (χ1v) is 6.73. The fraction of sp³-hybridized carbons (Fsp3) is 0.562. The van der Waals surface area contributed by atoms with E-state index in [1.165, 1.54) is 11.3 Å². The van der Waals surface area contributed by atoms with E-state index in [2.05, 4.69) is 50.8 Å². The Kier molecular flexibility index (Phi) is 3.11. The Morgan fingerprint density at radius 1 is 1.44 bits per heavy atom. The highest BCUT2D eigenvalue weighted by atomic mass is 15.2. The van der Waals surface area contributed by atoms with Gasteiger partial charge in [-0.25, -0.2) is 0 Å². The van der Waals surface area contributed by atoms with Crippen molar-refractivity contribution in [2.24, 2.45) is 0 Å². The molecule has 96 valence electrons. The molecule has 1 aliphatic heterocycles. The molecule has 2 nitrogen and oxygen atoms in total. The molecule has 1 aliphatic rings. The molecule has 0 aliphatic carbocycles. The highest BCUT2D eigenvalue weighted by molar-refractivity contribution is 5.64. The molecule has 2 heteroatoms. The predicted molar refractivity (Wildman–Crippen MR) is 76.0 cm³/mol. The van der Waals surface area contributed by atoms with Crippen LogP contribution < -0.4 is 4.90 Å². The molecule has 2 rings (SSSR count). The highest BCUT2D eigenvalue weighted by Gasteiger charge is 2.35. The normalized spacial score (nSPS) is 21.3. The molecule has 18 heavy (non-hydrogen) atoms. The highest BCUT2D eigenvalue weighted by Crippen LogP contribution is 2.43. The molecular formula is C16H22N2. The lowest BCUT2D eigenvalue weighted by Gasteiger charge is -2.47. The van der Waals surface area contributed by atoms with Gasteiger partial charge in [-0.05, 0) is 63.3 Å². The van der Waals surface area contributed by atoms with Crippen LogP contribution in [0.2, 0.25) is 0 Å². The fourth-order valence-electron chi connectivity index (χ4n) is 3.35. The zero-order valence-corrected chi connectivity index (χ0v) is 12.0. The monoisotopic (exact) mass is 242 g/mol. The van der Waals surface area contributed by atoms with Gasteiger partial charge in [-0.15, -0.1) is 0 Å². The third-order valence-electron chi connectivity index (χ3n) is 4.17. The summed E-state index contributed by atoms with van der Waals surface area (Å²) in [7, 11) is 0. The van der Waals surface area contributed by atoms with E-state index in [1.54, 1.807) is 0 Å². The van der Waals surface area contributed by atoms with Gasteiger partial charge in [-0.3, -0.25) is 0 Å². The van der Waals surface area contributed by atoms with E-state index in [9.17, 15) is 0 Å². The van der Waals surface area contributed by atoms with Crippen molar-refractivity contribution in [2.45, 2.75) is 52.5 Å². The predicted octanol–water partition coefficient (Wildman–Crippen LogP) is 3.98. The largest absolute Gasteiger partial charge is 0.366 e. The Morgan fingerprint density at radius 3 is 2.67 bits per heavy atom. The summed E-state index contributed by atoms with van der Waals surface area (Å²) in [4.78, 5) is 2.47. The van der Waals surface area contributed by atoms with E-state index < -0.39 is 0 Å². The van der Waals surface area contributed by atoms with E-state index in [1.807, 2.05) is 6.92 Å². The van der Waals surface area contributed by atoms with Crippen molar-refractivity contribution in [2.75, 3.05) is 11.4 Å². The topological polar surface area (TPSA) is 27.0 Å². The minimum absolute atomic E-state index is 0.196. The second-order valence-corrected chi connectivity index (χ2v) is 6.00. The summed E-state index contributed by atoms with van der Waals surface area (Å²) in [6.45, 7) is 12.1. The summed E-state index contributed by atoms with van der Waals surface area (Å²) in [6, 6.07) is 6.58. The number of hydrogen-bond acceptors (Lipinski definition) is 2. The Balaban J connectivity index is 2.63. The molecule has 1 heterocycles. The molecule has 0 bridgehead atoms. The van der Waals surface area contributed by atoms with Crippen LogP contribution in [-0.2, 0) is 0 Å². The van der Waals surface area contributed by atoms with Crippen LogP contribution in [0.15, 0.2) is 12.1 Å². The smallest absolute Gasteiger partial charge is 0.0994 e. The number of nitrogens with zero attached hydrogens (tertiary/aromatic N) is 2. The standard InChI is InChI=1S/C16H22N2/c1-6-18-15-7-11(2)13(10-17)8-14(15)12(3)9-16(18,4)5/h7-8,12H,6,9H2,1-5H3/t12-/m1/s1. The summed E-state index contributed by atoms with van der Waals surface area (Å²) < 4.78 is 0. The minimum atomic E-state index is 0.196. The maximum absolute atomic E-state index is 9.17. The lowest BCUT2D eigenvalue weighted by atomic mass is 9.79. The van der Waals surface area contributed by atoms with Crippen LogP contribution >= 0.6 is 0 Å². The molecule has 0 aromatic heterocycles. The molecule has 0 amide bonds. The lowest BCUT2D eigenvalue weighted by molar-refractivity contribution is 0.381. The average molecular weight is 242 g/mol. The van der Waals surface area contributed by atoms with Gasteiger partial charge in [0.15, 0.2) is 0 Å². The number of hydrogen-bond donors (Lipinski definition) is 0. The van der Waals surface area contributed by atoms with Crippen molar-refractivity contribution < 1.29 is 0 Å². The Bertz CT molecular complexity index is 509. The van der Waals surface area contributed by atoms with Gasteiger partial charge in [-0.2, -0.15) is 5.26 Å². The van der Waals surface area contributed by atoms with Crippen LogP contribution in [-0.4, -0.2) is 12.1 Å². The van der Waals surface area contributed by atoms with E-state index in [4.69, 9.17) is 5.26 Å². The second-order valence-electron chi connectivity index (χ2n) is 6.00. The maximum atomic E-state index is 9.17. The molecule has 1 atom stereocenters. The van der Waals surface area contributed by atoms with Gasteiger partial charge in [0.2, 0.25) is 0 Å². The third kappa shape index (κ3) is 1.88. The van der Waals surface area contributed by atoms with Crippen molar-refractivity contribution in [3.8, 4) is 6.07 Å². The molecule has 1 aromatic rings. The van der Waals surface area contributed by atoms with Gasteiger partial charge in [0.1, 0.15) is 0 Å². The molecule has 1 aromatic carbocycles. The molecule has 0 spiro atoms. The maximum Gasteiger partial charge on any atom is 0.0994 e. The van der Waals surface area contributed by atoms with Gasteiger partial charge in [0.25, 0.3) is 0 Å². The Hall–Kier alpha value is -1.49. The number of aryl methyl sites for hydroxylation is 1. The van der Waals surface area contributed by atoms with Crippen molar-refractivity contribution >= 4 is 5.69 Å². The molecule has 0 N–H and O–H groups in total. The van der Waals surface area contributed by atoms with Crippen molar-refractivity contribution in [1.82, 2.24) is 0 Å². The molecule has 0 unspecified atom stereocenters. The van der Waals surface area contributed by atoms with Gasteiger partial charge >= 0.3 is 0 Å². The molecule has 0 fully saturated rings. The number of anilines is 1. The van der Waals surface area contributed by atoms with Crippen molar-refractivity contribution in [1.29, 1.82) is 5.26 Å². The summed E-state index contributed by atoms with van der Waals surface area (Å²) in [5.41, 5.74) is 4.74. The number of rotatable bonds is 1. The number of nitriles is 1. The molecular weight excluding hydrogens is 220 g/mol. The average Bonchev–Trinajstić information content (AvgIpc) is 2.27. The summed E-state index contributed by atoms with van der Waals surface area (Å²) in [6.07, 6.45) is 1.14. The van der Waals surface area contributed by atoms with Gasteiger partial charge in [0, 0.05) is 17.8 Å². The first-order valence-electron chi connectivity index (χ1n) is 6.73.